The van der Waals surface area contributed by atoms with Crippen LogP contribution in [0.25, 0.3) is 0 Å². The summed E-state index contributed by atoms with van der Waals surface area (Å²) < 4.78 is 5.24. The number of phenols is 1. The van der Waals surface area contributed by atoms with E-state index in [4.69, 9.17) is 4.42 Å². The maximum atomic E-state index is 9.66. The monoisotopic (exact) mass is 231 g/mol. The first kappa shape index (κ1) is 11.7. The van der Waals surface area contributed by atoms with Gasteiger partial charge in [-0.05, 0) is 25.1 Å². The van der Waals surface area contributed by atoms with Crippen molar-refractivity contribution >= 4 is 0 Å². The van der Waals surface area contributed by atoms with E-state index in [1.165, 1.54) is 0 Å². The molecule has 0 aliphatic heterocycles. The van der Waals surface area contributed by atoms with Gasteiger partial charge >= 0.3 is 0 Å². The molecule has 1 heterocycles. The van der Waals surface area contributed by atoms with Crippen molar-refractivity contribution in [2.24, 2.45) is 0 Å². The molecule has 0 unspecified atom stereocenters. The fraction of sp³-hybridized carbons (Fsp3) is 0.286. The van der Waals surface area contributed by atoms with E-state index >= 15 is 0 Å². The Kier molecular flexibility index (Phi) is 3.83. The number of aryl methyl sites for hydroxylation is 1. The number of aromatic hydroxyl groups is 1. The largest absolute Gasteiger partial charge is 0.508 e. The van der Waals surface area contributed by atoms with Crippen LogP contribution in [-0.2, 0) is 13.0 Å². The maximum absolute atomic E-state index is 9.66. The highest BCUT2D eigenvalue weighted by Crippen LogP contribution is 2.17. The molecule has 2 N–H and O–H groups in total. The van der Waals surface area contributed by atoms with Crippen molar-refractivity contribution in [3.63, 3.8) is 0 Å². The van der Waals surface area contributed by atoms with Crippen molar-refractivity contribution in [2.75, 3.05) is 6.54 Å². The van der Waals surface area contributed by atoms with Crippen LogP contribution in [0.4, 0.5) is 0 Å². The van der Waals surface area contributed by atoms with Crippen LogP contribution in [0.5, 0.6) is 5.75 Å². The molecule has 0 fully saturated rings. The summed E-state index contributed by atoms with van der Waals surface area (Å²) in [5.41, 5.74) is 2.09. The molecule has 17 heavy (non-hydrogen) atoms. The van der Waals surface area contributed by atoms with Gasteiger partial charge in [-0.25, -0.2) is 0 Å². The molecule has 0 atom stereocenters. The van der Waals surface area contributed by atoms with Crippen LogP contribution >= 0.6 is 0 Å². The van der Waals surface area contributed by atoms with Crippen LogP contribution in [0.15, 0.2) is 41.0 Å². The summed E-state index contributed by atoms with van der Waals surface area (Å²) in [5.74, 6) is 1.33. The lowest BCUT2D eigenvalue weighted by Gasteiger charge is -2.07. The lowest BCUT2D eigenvalue weighted by molar-refractivity contribution is 0.462. The quantitative estimate of drug-likeness (QED) is 0.777. The summed E-state index contributed by atoms with van der Waals surface area (Å²) >= 11 is 0. The van der Waals surface area contributed by atoms with Crippen LogP contribution < -0.4 is 5.32 Å². The second-order valence-corrected chi connectivity index (χ2v) is 4.14. The van der Waals surface area contributed by atoms with Gasteiger partial charge in [0.1, 0.15) is 11.5 Å². The van der Waals surface area contributed by atoms with Gasteiger partial charge in [-0.1, -0.05) is 17.7 Å². The van der Waals surface area contributed by atoms with Gasteiger partial charge in [0.25, 0.3) is 0 Å². The van der Waals surface area contributed by atoms with Crippen LogP contribution in [0.3, 0.4) is 0 Å². The van der Waals surface area contributed by atoms with Crippen LogP contribution in [0.2, 0.25) is 0 Å². The van der Waals surface area contributed by atoms with Crippen molar-refractivity contribution in [1.29, 1.82) is 0 Å². The zero-order valence-corrected chi connectivity index (χ0v) is 9.94. The van der Waals surface area contributed by atoms with Gasteiger partial charge in [0, 0.05) is 25.1 Å². The summed E-state index contributed by atoms with van der Waals surface area (Å²) in [6.45, 7) is 3.53. The molecule has 0 saturated carbocycles. The van der Waals surface area contributed by atoms with E-state index in [-0.39, 0.29) is 0 Å². The van der Waals surface area contributed by atoms with E-state index in [2.05, 4.69) is 5.32 Å². The normalized spacial score (nSPS) is 10.6. The molecule has 90 valence electrons. The van der Waals surface area contributed by atoms with Gasteiger partial charge in [-0.3, -0.25) is 0 Å². The molecule has 1 aromatic carbocycles. The highest BCUT2D eigenvalue weighted by atomic mass is 16.3. The van der Waals surface area contributed by atoms with Crippen LogP contribution in [-0.4, -0.2) is 11.7 Å². The molecule has 3 nitrogen and oxygen atoms in total. The lowest BCUT2D eigenvalue weighted by atomic mass is 10.1. The van der Waals surface area contributed by atoms with E-state index in [0.717, 1.165) is 29.9 Å². The minimum atomic E-state index is 0.348. The summed E-state index contributed by atoms with van der Waals surface area (Å²) in [6.07, 6.45) is 2.54. The highest BCUT2D eigenvalue weighted by molar-refractivity contribution is 5.35. The van der Waals surface area contributed by atoms with E-state index in [1.54, 1.807) is 12.3 Å². The predicted octanol–water partition coefficient (Wildman–Crippen LogP) is 2.63. The van der Waals surface area contributed by atoms with Crippen molar-refractivity contribution in [3.8, 4) is 5.75 Å². The molecule has 0 spiro atoms. The van der Waals surface area contributed by atoms with E-state index in [0.29, 0.717) is 12.3 Å². The molecule has 0 bridgehead atoms. The van der Waals surface area contributed by atoms with Crippen LogP contribution in [0, 0.1) is 6.92 Å². The van der Waals surface area contributed by atoms with E-state index in [1.807, 2.05) is 31.2 Å². The minimum Gasteiger partial charge on any atom is -0.508 e. The number of phenolic OH excluding ortho intramolecular Hbond substituents is 1. The van der Waals surface area contributed by atoms with Gasteiger partial charge in [-0.15, -0.1) is 0 Å². The number of furan rings is 1. The van der Waals surface area contributed by atoms with Crippen molar-refractivity contribution in [1.82, 2.24) is 5.32 Å². The van der Waals surface area contributed by atoms with Crippen molar-refractivity contribution in [3.05, 3.63) is 53.5 Å². The van der Waals surface area contributed by atoms with Gasteiger partial charge in [-0.2, -0.15) is 0 Å². The standard InChI is InChI=1S/C14H17NO2/c1-11-4-5-14(16)12(9-11)10-15-7-6-13-3-2-8-17-13/h2-5,8-9,15-16H,6-7,10H2,1H3. The van der Waals surface area contributed by atoms with E-state index in [9.17, 15) is 5.11 Å². The first-order valence-corrected chi connectivity index (χ1v) is 5.77. The number of nitrogens with one attached hydrogen (secondary N) is 1. The summed E-state index contributed by atoms with van der Waals surface area (Å²) in [5, 5.41) is 12.9. The third-order valence-corrected chi connectivity index (χ3v) is 2.68. The average Bonchev–Trinajstić information content (AvgIpc) is 2.82. The maximum Gasteiger partial charge on any atom is 0.120 e. The molecule has 0 radical (unpaired) electrons. The fourth-order valence-electron chi connectivity index (χ4n) is 1.75. The molecule has 0 saturated heterocycles. The number of hydrogen-bond acceptors (Lipinski definition) is 3. The molecule has 0 aliphatic rings. The second-order valence-electron chi connectivity index (χ2n) is 4.14. The zero-order chi connectivity index (χ0) is 12.1. The number of rotatable bonds is 5. The molecule has 3 heteroatoms. The first-order valence-electron chi connectivity index (χ1n) is 5.77. The zero-order valence-electron chi connectivity index (χ0n) is 9.94. The smallest absolute Gasteiger partial charge is 0.120 e. The van der Waals surface area contributed by atoms with Crippen molar-refractivity contribution in [2.45, 2.75) is 19.9 Å². The average molecular weight is 231 g/mol. The molecule has 1 aromatic heterocycles. The molecule has 0 aliphatic carbocycles. The third kappa shape index (κ3) is 3.36. The number of benzene rings is 1. The molecule has 0 amide bonds. The van der Waals surface area contributed by atoms with Gasteiger partial charge in [0.15, 0.2) is 0 Å². The van der Waals surface area contributed by atoms with Crippen molar-refractivity contribution < 1.29 is 9.52 Å². The Hall–Kier alpha value is -1.74. The first-order chi connectivity index (χ1) is 8.25. The molecular weight excluding hydrogens is 214 g/mol. The minimum absolute atomic E-state index is 0.348. The Morgan fingerprint density at radius 3 is 2.94 bits per heavy atom. The summed E-state index contributed by atoms with van der Waals surface area (Å²) in [6, 6.07) is 9.49. The highest BCUT2D eigenvalue weighted by Gasteiger charge is 2.01. The Labute approximate surface area is 101 Å². The Bertz CT molecular complexity index is 463. The summed E-state index contributed by atoms with van der Waals surface area (Å²) in [4.78, 5) is 0. The second kappa shape index (κ2) is 5.55. The number of hydrogen-bond donors (Lipinski definition) is 2. The van der Waals surface area contributed by atoms with Gasteiger partial charge in [0.2, 0.25) is 0 Å². The predicted molar refractivity (Wildman–Crippen MR) is 67.0 cm³/mol. The Morgan fingerprint density at radius 1 is 1.29 bits per heavy atom. The Morgan fingerprint density at radius 2 is 2.18 bits per heavy atom. The van der Waals surface area contributed by atoms with Crippen LogP contribution in [0.1, 0.15) is 16.9 Å². The molecule has 2 aromatic rings. The SMILES string of the molecule is Cc1ccc(O)c(CNCCc2ccco2)c1. The third-order valence-electron chi connectivity index (χ3n) is 2.68. The Balaban J connectivity index is 1.80. The van der Waals surface area contributed by atoms with Gasteiger partial charge < -0.3 is 14.8 Å². The van der Waals surface area contributed by atoms with E-state index < -0.39 is 0 Å². The molecular formula is C14H17NO2. The lowest BCUT2D eigenvalue weighted by Crippen LogP contribution is -2.16. The molecule has 2 rings (SSSR count). The topological polar surface area (TPSA) is 45.4 Å². The van der Waals surface area contributed by atoms with Gasteiger partial charge in [0.05, 0.1) is 6.26 Å². The fourth-order valence-corrected chi connectivity index (χ4v) is 1.75. The summed E-state index contributed by atoms with van der Waals surface area (Å²) in [7, 11) is 0.